The first-order valence-electron chi connectivity index (χ1n) is 8.98. The van der Waals surface area contributed by atoms with E-state index in [1.165, 1.54) is 5.56 Å². The normalized spacial score (nSPS) is 11.1. The van der Waals surface area contributed by atoms with Crippen molar-refractivity contribution in [3.63, 3.8) is 0 Å². The van der Waals surface area contributed by atoms with E-state index in [-0.39, 0.29) is 0 Å². The highest BCUT2D eigenvalue weighted by molar-refractivity contribution is 5.93. The molecule has 3 aromatic carbocycles. The molecule has 0 fully saturated rings. The number of aromatic nitrogens is 3. The van der Waals surface area contributed by atoms with Gasteiger partial charge in [-0.05, 0) is 31.2 Å². The number of rotatable bonds is 2. The summed E-state index contributed by atoms with van der Waals surface area (Å²) in [6, 6.07) is 28.7. The number of fused-ring (bicyclic) bond motifs is 2. The number of hydrogen-bond acceptors (Lipinski definition) is 3. The first-order chi connectivity index (χ1) is 13.3. The Labute approximate surface area is 157 Å². The SMILES string of the molecule is Cc1ccc2nc(-c3nc(-c4ccccc4)c4ccccc4n3)ccc2c1. The number of hydrogen-bond donors (Lipinski definition) is 0. The van der Waals surface area contributed by atoms with Gasteiger partial charge >= 0.3 is 0 Å². The second-order valence-electron chi connectivity index (χ2n) is 6.67. The zero-order chi connectivity index (χ0) is 18.2. The van der Waals surface area contributed by atoms with Gasteiger partial charge < -0.3 is 0 Å². The molecule has 2 aromatic heterocycles. The first kappa shape index (κ1) is 15.6. The highest BCUT2D eigenvalue weighted by Crippen LogP contribution is 2.29. The van der Waals surface area contributed by atoms with Crippen LogP contribution in [0.4, 0.5) is 0 Å². The second-order valence-corrected chi connectivity index (χ2v) is 6.67. The molecule has 0 aliphatic heterocycles. The van der Waals surface area contributed by atoms with Crippen molar-refractivity contribution in [1.29, 1.82) is 0 Å². The summed E-state index contributed by atoms with van der Waals surface area (Å²) >= 11 is 0. The van der Waals surface area contributed by atoms with E-state index in [4.69, 9.17) is 15.0 Å². The lowest BCUT2D eigenvalue weighted by Gasteiger charge is -2.09. The zero-order valence-corrected chi connectivity index (χ0v) is 14.9. The van der Waals surface area contributed by atoms with E-state index in [2.05, 4.69) is 43.3 Å². The molecule has 0 aliphatic carbocycles. The van der Waals surface area contributed by atoms with E-state index in [0.717, 1.165) is 38.8 Å². The minimum Gasteiger partial charge on any atom is -0.244 e. The van der Waals surface area contributed by atoms with Crippen LogP contribution in [0.25, 0.3) is 44.6 Å². The van der Waals surface area contributed by atoms with Crippen molar-refractivity contribution < 1.29 is 0 Å². The van der Waals surface area contributed by atoms with Gasteiger partial charge in [0.25, 0.3) is 0 Å². The number of aryl methyl sites for hydroxylation is 1. The molecule has 5 aromatic rings. The molecule has 2 heterocycles. The third-order valence-electron chi connectivity index (χ3n) is 4.72. The summed E-state index contributed by atoms with van der Waals surface area (Å²) in [5.74, 6) is 0.648. The van der Waals surface area contributed by atoms with Crippen LogP contribution in [0.15, 0.2) is 84.9 Å². The number of pyridine rings is 1. The lowest BCUT2D eigenvalue weighted by molar-refractivity contribution is 1.19. The standard InChI is InChI=1S/C24H17N3/c1-16-11-13-20-18(15-16)12-14-22(25-20)24-26-21-10-6-5-9-19(21)23(27-24)17-7-3-2-4-8-17/h2-15H,1H3. The van der Waals surface area contributed by atoms with Crippen molar-refractivity contribution in [3.8, 4) is 22.8 Å². The second kappa shape index (κ2) is 6.29. The van der Waals surface area contributed by atoms with Crippen molar-refractivity contribution in [2.24, 2.45) is 0 Å². The van der Waals surface area contributed by atoms with Crippen molar-refractivity contribution in [1.82, 2.24) is 15.0 Å². The monoisotopic (exact) mass is 347 g/mol. The molecule has 27 heavy (non-hydrogen) atoms. The Balaban J connectivity index is 1.75. The molecular formula is C24H17N3. The molecule has 128 valence electrons. The number of para-hydroxylation sites is 1. The van der Waals surface area contributed by atoms with Crippen LogP contribution in [0, 0.1) is 6.92 Å². The van der Waals surface area contributed by atoms with Gasteiger partial charge in [-0.2, -0.15) is 0 Å². The molecular weight excluding hydrogens is 330 g/mol. The summed E-state index contributed by atoms with van der Waals surface area (Å²) in [4.78, 5) is 14.5. The average Bonchev–Trinajstić information content (AvgIpc) is 2.73. The number of nitrogens with zero attached hydrogens (tertiary/aromatic N) is 3. The van der Waals surface area contributed by atoms with Crippen molar-refractivity contribution >= 4 is 21.8 Å². The Hall–Kier alpha value is -3.59. The third-order valence-corrected chi connectivity index (χ3v) is 4.72. The van der Waals surface area contributed by atoms with Gasteiger partial charge in [0.1, 0.15) is 5.69 Å². The van der Waals surface area contributed by atoms with Gasteiger partial charge in [-0.15, -0.1) is 0 Å². The molecule has 0 atom stereocenters. The van der Waals surface area contributed by atoms with E-state index in [1.54, 1.807) is 0 Å². The quantitative estimate of drug-likeness (QED) is 0.404. The molecule has 0 saturated carbocycles. The van der Waals surface area contributed by atoms with Crippen LogP contribution in [0.3, 0.4) is 0 Å². The molecule has 0 aliphatic rings. The largest absolute Gasteiger partial charge is 0.244 e. The topological polar surface area (TPSA) is 38.7 Å². The Morgan fingerprint density at radius 2 is 1.44 bits per heavy atom. The molecule has 5 rings (SSSR count). The predicted molar refractivity (Wildman–Crippen MR) is 110 cm³/mol. The summed E-state index contributed by atoms with van der Waals surface area (Å²) in [5, 5.41) is 2.17. The van der Waals surface area contributed by atoms with Crippen LogP contribution in [-0.2, 0) is 0 Å². The van der Waals surface area contributed by atoms with E-state index in [1.807, 2.05) is 48.5 Å². The van der Waals surface area contributed by atoms with E-state index < -0.39 is 0 Å². The van der Waals surface area contributed by atoms with Gasteiger partial charge in [0.15, 0.2) is 5.82 Å². The highest BCUT2D eigenvalue weighted by Gasteiger charge is 2.12. The summed E-state index contributed by atoms with van der Waals surface area (Å²) < 4.78 is 0. The molecule has 0 bridgehead atoms. The zero-order valence-electron chi connectivity index (χ0n) is 14.9. The molecule has 0 saturated heterocycles. The fraction of sp³-hybridized carbons (Fsp3) is 0.0417. The Bertz CT molecular complexity index is 1280. The molecule has 0 radical (unpaired) electrons. The fourth-order valence-corrected chi connectivity index (χ4v) is 3.38. The average molecular weight is 347 g/mol. The van der Waals surface area contributed by atoms with Crippen molar-refractivity contribution in [2.75, 3.05) is 0 Å². The number of benzene rings is 3. The van der Waals surface area contributed by atoms with Crippen molar-refractivity contribution in [2.45, 2.75) is 6.92 Å². The summed E-state index contributed by atoms with van der Waals surface area (Å²) in [7, 11) is 0. The maximum absolute atomic E-state index is 4.89. The Morgan fingerprint density at radius 3 is 2.33 bits per heavy atom. The van der Waals surface area contributed by atoms with E-state index >= 15 is 0 Å². The molecule has 0 N–H and O–H groups in total. The molecule has 0 unspecified atom stereocenters. The van der Waals surface area contributed by atoms with Gasteiger partial charge in [-0.25, -0.2) is 15.0 Å². The highest BCUT2D eigenvalue weighted by atomic mass is 14.9. The van der Waals surface area contributed by atoms with Crippen LogP contribution in [0.5, 0.6) is 0 Å². The van der Waals surface area contributed by atoms with Crippen molar-refractivity contribution in [3.05, 3.63) is 90.5 Å². The van der Waals surface area contributed by atoms with Crippen LogP contribution >= 0.6 is 0 Å². The van der Waals surface area contributed by atoms with Crippen LogP contribution < -0.4 is 0 Å². The van der Waals surface area contributed by atoms with Crippen LogP contribution in [0.1, 0.15) is 5.56 Å². The minimum absolute atomic E-state index is 0.648. The first-order valence-corrected chi connectivity index (χ1v) is 8.98. The lowest BCUT2D eigenvalue weighted by Crippen LogP contribution is -1.97. The maximum atomic E-state index is 4.89. The van der Waals surface area contributed by atoms with E-state index in [0.29, 0.717) is 5.82 Å². The van der Waals surface area contributed by atoms with Crippen LogP contribution in [-0.4, -0.2) is 15.0 Å². The van der Waals surface area contributed by atoms with Gasteiger partial charge in [0.2, 0.25) is 0 Å². The smallest absolute Gasteiger partial charge is 0.179 e. The predicted octanol–water partition coefficient (Wildman–Crippen LogP) is 5.82. The summed E-state index contributed by atoms with van der Waals surface area (Å²) in [6.45, 7) is 2.09. The maximum Gasteiger partial charge on any atom is 0.179 e. The van der Waals surface area contributed by atoms with Gasteiger partial charge in [0.05, 0.1) is 16.7 Å². The Kier molecular flexibility index (Phi) is 3.65. The molecule has 0 spiro atoms. The minimum atomic E-state index is 0.648. The van der Waals surface area contributed by atoms with Crippen LogP contribution in [0.2, 0.25) is 0 Å². The van der Waals surface area contributed by atoms with Gasteiger partial charge in [0, 0.05) is 16.3 Å². The van der Waals surface area contributed by atoms with Gasteiger partial charge in [-0.3, -0.25) is 0 Å². The molecule has 3 heteroatoms. The summed E-state index contributed by atoms with van der Waals surface area (Å²) in [5.41, 5.74) is 5.90. The third kappa shape index (κ3) is 2.83. The summed E-state index contributed by atoms with van der Waals surface area (Å²) in [6.07, 6.45) is 0. The Morgan fingerprint density at radius 1 is 0.630 bits per heavy atom. The van der Waals surface area contributed by atoms with Gasteiger partial charge in [-0.1, -0.05) is 66.2 Å². The molecule has 3 nitrogen and oxygen atoms in total. The molecule has 0 amide bonds. The fourth-order valence-electron chi connectivity index (χ4n) is 3.38. The van der Waals surface area contributed by atoms with E-state index in [9.17, 15) is 0 Å². The lowest BCUT2D eigenvalue weighted by atomic mass is 10.1.